The van der Waals surface area contributed by atoms with Crippen LogP contribution in [0.3, 0.4) is 0 Å². The Morgan fingerprint density at radius 2 is 1.97 bits per heavy atom. The Balaban J connectivity index is 1.97. The largest absolute Gasteiger partial charge is 0.497 e. The molecule has 1 atom stereocenters. The number of methoxy groups -OCH3 is 2. The monoisotopic (exact) mass is 426 g/mol. The lowest BCUT2D eigenvalue weighted by Crippen LogP contribution is -2.39. The minimum Gasteiger partial charge on any atom is -0.497 e. The molecular formula is C21H18N2O4S2. The number of carbonyl (C=O) groups excluding carboxylic acids is 1. The van der Waals surface area contributed by atoms with E-state index in [9.17, 15) is 9.59 Å². The molecule has 0 bridgehead atoms. The zero-order valence-electron chi connectivity index (χ0n) is 16.0. The molecular weight excluding hydrogens is 408 g/mol. The molecule has 0 saturated carbocycles. The Morgan fingerprint density at radius 3 is 2.59 bits per heavy atom. The molecule has 1 aliphatic heterocycles. The average molecular weight is 427 g/mol. The molecule has 1 aromatic carbocycles. The first-order valence-electron chi connectivity index (χ1n) is 8.82. The van der Waals surface area contributed by atoms with Crippen molar-refractivity contribution in [2.24, 2.45) is 4.99 Å². The quantitative estimate of drug-likeness (QED) is 0.601. The fourth-order valence-corrected chi connectivity index (χ4v) is 5.07. The zero-order valence-corrected chi connectivity index (χ0v) is 17.7. The summed E-state index contributed by atoms with van der Waals surface area (Å²) >= 11 is 2.87. The molecule has 0 amide bonds. The summed E-state index contributed by atoms with van der Waals surface area (Å²) in [6.07, 6.45) is 1.86. The highest BCUT2D eigenvalue weighted by Gasteiger charge is 2.33. The van der Waals surface area contributed by atoms with E-state index in [1.54, 1.807) is 42.1 Å². The van der Waals surface area contributed by atoms with Crippen LogP contribution in [0, 0.1) is 0 Å². The SMILES string of the molecule is COC(=O)C1=C(C)N=c2sc(=Cc3cccs3)c(=O)n2[C@H]1c1ccc(OC)cc1. The van der Waals surface area contributed by atoms with Gasteiger partial charge in [-0.05, 0) is 42.1 Å². The molecule has 0 fully saturated rings. The fourth-order valence-electron chi connectivity index (χ4n) is 3.30. The molecule has 2 aromatic heterocycles. The highest BCUT2D eigenvalue weighted by Crippen LogP contribution is 2.31. The number of allylic oxidation sites excluding steroid dienone is 1. The molecule has 8 heteroatoms. The van der Waals surface area contributed by atoms with Crippen molar-refractivity contribution in [2.45, 2.75) is 13.0 Å². The van der Waals surface area contributed by atoms with E-state index in [0.29, 0.717) is 26.4 Å². The molecule has 0 spiro atoms. The Labute approximate surface area is 174 Å². The number of rotatable bonds is 4. The van der Waals surface area contributed by atoms with Crippen LogP contribution in [0.4, 0.5) is 0 Å². The molecule has 6 nitrogen and oxygen atoms in total. The zero-order chi connectivity index (χ0) is 20.5. The van der Waals surface area contributed by atoms with Gasteiger partial charge in [0.2, 0.25) is 0 Å². The van der Waals surface area contributed by atoms with Gasteiger partial charge in [0.25, 0.3) is 5.56 Å². The number of esters is 1. The fraction of sp³-hybridized carbons (Fsp3) is 0.190. The lowest BCUT2D eigenvalue weighted by Gasteiger charge is -2.24. The molecule has 3 heterocycles. The third-order valence-electron chi connectivity index (χ3n) is 4.68. The summed E-state index contributed by atoms with van der Waals surface area (Å²) in [6, 6.07) is 10.6. The molecule has 1 aliphatic rings. The van der Waals surface area contributed by atoms with Gasteiger partial charge in [-0.3, -0.25) is 9.36 Å². The van der Waals surface area contributed by atoms with Gasteiger partial charge in [0.05, 0.1) is 36.1 Å². The first-order chi connectivity index (χ1) is 14.0. The number of benzene rings is 1. The standard InChI is InChI=1S/C21H18N2O4S2/c1-12-17(20(25)27-3)18(13-6-8-14(26-2)9-7-13)23-19(24)16(29-21(23)22-12)11-15-5-4-10-28-15/h4-11,18H,1-3H3/t18-/m0/s1. The van der Waals surface area contributed by atoms with Crippen molar-refractivity contribution < 1.29 is 14.3 Å². The van der Waals surface area contributed by atoms with E-state index in [1.807, 2.05) is 35.7 Å². The van der Waals surface area contributed by atoms with E-state index in [2.05, 4.69) is 4.99 Å². The first-order valence-corrected chi connectivity index (χ1v) is 10.5. The maximum Gasteiger partial charge on any atom is 0.338 e. The molecule has 0 N–H and O–H groups in total. The van der Waals surface area contributed by atoms with Crippen molar-refractivity contribution in [1.82, 2.24) is 4.57 Å². The number of fused-ring (bicyclic) bond motifs is 1. The van der Waals surface area contributed by atoms with Gasteiger partial charge in [0.15, 0.2) is 4.80 Å². The molecule has 4 rings (SSSR count). The smallest absolute Gasteiger partial charge is 0.338 e. The van der Waals surface area contributed by atoms with Crippen LogP contribution >= 0.6 is 22.7 Å². The highest BCUT2D eigenvalue weighted by molar-refractivity contribution is 7.11. The molecule has 0 unspecified atom stereocenters. The number of aromatic nitrogens is 1. The van der Waals surface area contributed by atoms with E-state index in [1.165, 1.54) is 18.4 Å². The third kappa shape index (κ3) is 3.45. The van der Waals surface area contributed by atoms with Crippen LogP contribution in [0.15, 0.2) is 62.8 Å². The van der Waals surface area contributed by atoms with Gasteiger partial charge in [-0.2, -0.15) is 0 Å². The average Bonchev–Trinajstić information content (AvgIpc) is 3.35. The van der Waals surface area contributed by atoms with Crippen molar-refractivity contribution in [3.63, 3.8) is 0 Å². The molecule has 3 aromatic rings. The topological polar surface area (TPSA) is 69.9 Å². The summed E-state index contributed by atoms with van der Waals surface area (Å²) in [5, 5.41) is 1.96. The van der Waals surface area contributed by atoms with E-state index in [0.717, 1.165) is 10.4 Å². The number of carbonyl (C=O) groups is 1. The summed E-state index contributed by atoms with van der Waals surface area (Å²) < 4.78 is 12.4. The van der Waals surface area contributed by atoms with Crippen molar-refractivity contribution in [3.05, 3.63) is 83.2 Å². The number of thiophene rings is 1. The van der Waals surface area contributed by atoms with Crippen LogP contribution in [0.2, 0.25) is 0 Å². The van der Waals surface area contributed by atoms with Gasteiger partial charge in [-0.1, -0.05) is 29.5 Å². The lowest BCUT2D eigenvalue weighted by molar-refractivity contribution is -0.136. The summed E-state index contributed by atoms with van der Waals surface area (Å²) in [7, 11) is 2.92. The van der Waals surface area contributed by atoms with Crippen LogP contribution in [0.25, 0.3) is 6.08 Å². The Bertz CT molecular complexity index is 1270. The number of nitrogens with zero attached hydrogens (tertiary/aromatic N) is 2. The van der Waals surface area contributed by atoms with Gasteiger partial charge < -0.3 is 9.47 Å². The van der Waals surface area contributed by atoms with Crippen LogP contribution in [0.5, 0.6) is 5.75 Å². The van der Waals surface area contributed by atoms with Crippen molar-refractivity contribution in [3.8, 4) is 5.75 Å². The number of hydrogen-bond acceptors (Lipinski definition) is 7. The molecule has 148 valence electrons. The van der Waals surface area contributed by atoms with Gasteiger partial charge in [0, 0.05) is 4.88 Å². The number of hydrogen-bond donors (Lipinski definition) is 0. The van der Waals surface area contributed by atoms with Crippen LogP contribution in [-0.4, -0.2) is 24.8 Å². The first kappa shape index (κ1) is 19.4. The minimum atomic E-state index is -0.616. The highest BCUT2D eigenvalue weighted by atomic mass is 32.1. The maximum atomic E-state index is 13.3. The molecule has 0 radical (unpaired) electrons. The number of ether oxygens (including phenoxy) is 2. The predicted octanol–water partition coefficient (Wildman–Crippen LogP) is 2.48. The van der Waals surface area contributed by atoms with E-state index in [4.69, 9.17) is 9.47 Å². The second-order valence-electron chi connectivity index (χ2n) is 6.36. The summed E-state index contributed by atoms with van der Waals surface area (Å²) in [5.74, 6) is 0.193. The van der Waals surface area contributed by atoms with Gasteiger partial charge in [0.1, 0.15) is 5.75 Å². The van der Waals surface area contributed by atoms with E-state index < -0.39 is 12.0 Å². The Kier molecular flexibility index (Phi) is 5.21. The van der Waals surface area contributed by atoms with Gasteiger partial charge in [-0.25, -0.2) is 9.79 Å². The number of thiazole rings is 1. The van der Waals surface area contributed by atoms with Crippen LogP contribution in [-0.2, 0) is 9.53 Å². The lowest BCUT2D eigenvalue weighted by atomic mass is 9.96. The van der Waals surface area contributed by atoms with Gasteiger partial charge >= 0.3 is 5.97 Å². The Hall–Kier alpha value is -2.97. The maximum absolute atomic E-state index is 13.3. The normalized spacial score (nSPS) is 16.4. The second kappa shape index (κ2) is 7.81. The van der Waals surface area contributed by atoms with E-state index in [-0.39, 0.29) is 5.56 Å². The summed E-state index contributed by atoms with van der Waals surface area (Å²) in [5.41, 5.74) is 1.50. The molecule has 29 heavy (non-hydrogen) atoms. The Morgan fingerprint density at radius 1 is 1.21 bits per heavy atom. The molecule has 0 aliphatic carbocycles. The van der Waals surface area contributed by atoms with Gasteiger partial charge in [-0.15, -0.1) is 11.3 Å². The third-order valence-corrected chi connectivity index (χ3v) is 6.48. The van der Waals surface area contributed by atoms with Crippen molar-refractivity contribution in [1.29, 1.82) is 0 Å². The summed E-state index contributed by atoms with van der Waals surface area (Å²) in [4.78, 5) is 32.0. The molecule has 0 saturated heterocycles. The second-order valence-corrected chi connectivity index (χ2v) is 8.35. The van der Waals surface area contributed by atoms with E-state index >= 15 is 0 Å². The van der Waals surface area contributed by atoms with Crippen molar-refractivity contribution in [2.75, 3.05) is 14.2 Å². The van der Waals surface area contributed by atoms with Crippen molar-refractivity contribution >= 4 is 34.7 Å². The van der Waals surface area contributed by atoms with Crippen LogP contribution in [0.1, 0.15) is 23.4 Å². The minimum absolute atomic E-state index is 0.183. The summed E-state index contributed by atoms with van der Waals surface area (Å²) in [6.45, 7) is 1.76. The predicted molar refractivity (Wildman–Crippen MR) is 113 cm³/mol. The van der Waals surface area contributed by atoms with Crippen LogP contribution < -0.4 is 19.6 Å².